The molecular formula is C11H18O. The SMILES string of the molecule is CCC12CCCC(C1=O)C2(C)C. The zero-order valence-electron chi connectivity index (χ0n) is 8.31. The van der Waals surface area contributed by atoms with Gasteiger partial charge in [-0.1, -0.05) is 27.2 Å². The summed E-state index contributed by atoms with van der Waals surface area (Å²) in [7, 11) is 0. The molecule has 0 aliphatic heterocycles. The van der Waals surface area contributed by atoms with Crippen LogP contribution < -0.4 is 0 Å². The van der Waals surface area contributed by atoms with Crippen LogP contribution in [0.3, 0.4) is 0 Å². The van der Waals surface area contributed by atoms with E-state index >= 15 is 0 Å². The summed E-state index contributed by atoms with van der Waals surface area (Å²) in [5.41, 5.74) is 0.382. The van der Waals surface area contributed by atoms with E-state index < -0.39 is 0 Å². The molecule has 2 bridgehead atoms. The van der Waals surface area contributed by atoms with Gasteiger partial charge in [0, 0.05) is 11.3 Å². The highest BCUT2D eigenvalue weighted by atomic mass is 16.1. The Morgan fingerprint density at radius 3 is 2.50 bits per heavy atom. The predicted molar refractivity (Wildman–Crippen MR) is 48.9 cm³/mol. The van der Waals surface area contributed by atoms with Gasteiger partial charge in [-0.3, -0.25) is 4.79 Å². The summed E-state index contributed by atoms with van der Waals surface area (Å²) in [4.78, 5) is 11.8. The van der Waals surface area contributed by atoms with Crippen LogP contribution >= 0.6 is 0 Å². The molecule has 0 saturated heterocycles. The van der Waals surface area contributed by atoms with Gasteiger partial charge in [0.1, 0.15) is 5.78 Å². The number of hydrogen-bond acceptors (Lipinski definition) is 1. The Balaban J connectivity index is 2.37. The van der Waals surface area contributed by atoms with Gasteiger partial charge in [-0.2, -0.15) is 0 Å². The van der Waals surface area contributed by atoms with Gasteiger partial charge >= 0.3 is 0 Å². The van der Waals surface area contributed by atoms with Crippen molar-refractivity contribution >= 4 is 5.78 Å². The van der Waals surface area contributed by atoms with Gasteiger partial charge in [0.2, 0.25) is 0 Å². The first kappa shape index (κ1) is 8.28. The number of Topliss-reactive ketones (excluding diaryl/α,β-unsaturated/α-hetero) is 1. The molecule has 0 N–H and O–H groups in total. The van der Waals surface area contributed by atoms with Crippen molar-refractivity contribution in [1.82, 2.24) is 0 Å². The van der Waals surface area contributed by atoms with E-state index in [9.17, 15) is 4.79 Å². The highest BCUT2D eigenvalue weighted by molar-refractivity contribution is 5.95. The molecule has 68 valence electrons. The number of ketones is 1. The molecule has 0 aromatic carbocycles. The molecule has 3 aliphatic carbocycles. The standard InChI is InChI=1S/C11H18O/c1-4-11-7-5-6-8(9(11)12)10(11,2)3/h8H,4-7H2,1-3H3. The smallest absolute Gasteiger partial charge is 0.143 e. The zero-order chi connectivity index (χ0) is 8.98. The normalized spacial score (nSPS) is 43.9. The van der Waals surface area contributed by atoms with Crippen LogP contribution in [-0.4, -0.2) is 5.78 Å². The molecule has 3 rings (SSSR count). The highest BCUT2D eigenvalue weighted by Crippen LogP contribution is 2.66. The van der Waals surface area contributed by atoms with Crippen molar-refractivity contribution in [3.63, 3.8) is 0 Å². The number of carbonyl (C=O) groups excluding carboxylic acids is 1. The average molecular weight is 166 g/mol. The maximum absolute atomic E-state index is 11.8. The van der Waals surface area contributed by atoms with Gasteiger partial charge in [0.15, 0.2) is 0 Å². The van der Waals surface area contributed by atoms with E-state index in [-0.39, 0.29) is 5.41 Å². The van der Waals surface area contributed by atoms with E-state index in [1.807, 2.05) is 0 Å². The summed E-state index contributed by atoms with van der Waals surface area (Å²) in [5.74, 6) is 0.965. The van der Waals surface area contributed by atoms with Gasteiger partial charge in [-0.25, -0.2) is 0 Å². The Morgan fingerprint density at radius 2 is 2.17 bits per heavy atom. The van der Waals surface area contributed by atoms with Crippen LogP contribution in [0.1, 0.15) is 46.5 Å². The highest BCUT2D eigenvalue weighted by Gasteiger charge is 2.67. The summed E-state index contributed by atoms with van der Waals surface area (Å²) < 4.78 is 0. The summed E-state index contributed by atoms with van der Waals surface area (Å²) in [6.07, 6.45) is 4.61. The topological polar surface area (TPSA) is 17.1 Å². The zero-order valence-corrected chi connectivity index (χ0v) is 8.31. The maximum atomic E-state index is 11.8. The Bertz CT molecular complexity index is 229. The molecule has 3 fully saturated rings. The number of rotatable bonds is 1. The molecule has 3 saturated carbocycles. The first-order valence-electron chi connectivity index (χ1n) is 5.10. The Labute approximate surface area is 74.5 Å². The van der Waals surface area contributed by atoms with Gasteiger partial charge in [0.25, 0.3) is 0 Å². The summed E-state index contributed by atoms with van der Waals surface area (Å²) in [6.45, 7) is 6.73. The molecule has 0 amide bonds. The third kappa shape index (κ3) is 0.605. The lowest BCUT2D eigenvalue weighted by Gasteiger charge is -2.63. The van der Waals surface area contributed by atoms with Crippen molar-refractivity contribution in [2.75, 3.05) is 0 Å². The second-order valence-electron chi connectivity index (χ2n) is 4.97. The Kier molecular flexibility index (Phi) is 1.47. The summed E-state index contributed by atoms with van der Waals surface area (Å²) in [5, 5.41) is 0. The van der Waals surface area contributed by atoms with Crippen LogP contribution in [0.15, 0.2) is 0 Å². The Hall–Kier alpha value is -0.330. The van der Waals surface area contributed by atoms with Crippen molar-refractivity contribution in [3.05, 3.63) is 0 Å². The molecule has 2 atom stereocenters. The third-order valence-electron chi connectivity index (χ3n) is 4.59. The molecule has 0 heterocycles. The second-order valence-corrected chi connectivity index (χ2v) is 4.97. The molecule has 1 heteroatoms. The molecule has 0 aromatic heterocycles. The fourth-order valence-electron chi connectivity index (χ4n) is 3.59. The Morgan fingerprint density at radius 1 is 1.50 bits per heavy atom. The van der Waals surface area contributed by atoms with Gasteiger partial charge < -0.3 is 0 Å². The van der Waals surface area contributed by atoms with Crippen LogP contribution in [0.5, 0.6) is 0 Å². The summed E-state index contributed by atoms with van der Waals surface area (Å²) in [6, 6.07) is 0. The van der Waals surface area contributed by atoms with Gasteiger partial charge in [0.05, 0.1) is 0 Å². The maximum Gasteiger partial charge on any atom is 0.143 e. The van der Waals surface area contributed by atoms with E-state index in [4.69, 9.17) is 0 Å². The molecular weight excluding hydrogens is 148 g/mol. The molecule has 2 unspecified atom stereocenters. The van der Waals surface area contributed by atoms with Crippen LogP contribution in [0.25, 0.3) is 0 Å². The minimum absolute atomic E-state index is 0.0793. The lowest BCUT2D eigenvalue weighted by molar-refractivity contribution is -0.185. The fraction of sp³-hybridized carbons (Fsp3) is 0.909. The van der Waals surface area contributed by atoms with Gasteiger partial charge in [-0.05, 0) is 24.7 Å². The first-order chi connectivity index (χ1) is 5.56. The third-order valence-corrected chi connectivity index (χ3v) is 4.59. The molecule has 1 nitrogen and oxygen atoms in total. The molecule has 0 aromatic rings. The lowest BCUT2D eigenvalue weighted by Crippen LogP contribution is -2.65. The number of hydrogen-bond donors (Lipinski definition) is 0. The number of carbonyl (C=O) groups is 1. The van der Waals surface area contributed by atoms with Crippen molar-refractivity contribution in [2.24, 2.45) is 16.7 Å². The van der Waals surface area contributed by atoms with Crippen molar-refractivity contribution in [2.45, 2.75) is 46.5 Å². The van der Waals surface area contributed by atoms with E-state index in [0.29, 0.717) is 17.1 Å². The van der Waals surface area contributed by atoms with Crippen molar-refractivity contribution in [1.29, 1.82) is 0 Å². The molecule has 0 spiro atoms. The van der Waals surface area contributed by atoms with E-state index in [1.54, 1.807) is 0 Å². The average Bonchev–Trinajstić information content (AvgIpc) is 2.05. The van der Waals surface area contributed by atoms with Crippen LogP contribution in [0.4, 0.5) is 0 Å². The van der Waals surface area contributed by atoms with Gasteiger partial charge in [-0.15, -0.1) is 0 Å². The lowest BCUT2D eigenvalue weighted by atomic mass is 9.38. The van der Waals surface area contributed by atoms with Crippen LogP contribution in [-0.2, 0) is 4.79 Å². The van der Waals surface area contributed by atoms with Crippen molar-refractivity contribution in [3.8, 4) is 0 Å². The second kappa shape index (κ2) is 2.12. The number of fused-ring (bicyclic) bond motifs is 2. The minimum atomic E-state index is 0.0793. The predicted octanol–water partition coefficient (Wildman–Crippen LogP) is 2.79. The molecule has 12 heavy (non-hydrogen) atoms. The van der Waals surface area contributed by atoms with Crippen molar-refractivity contribution < 1.29 is 4.79 Å². The van der Waals surface area contributed by atoms with Crippen LogP contribution in [0, 0.1) is 16.7 Å². The van der Waals surface area contributed by atoms with Crippen LogP contribution in [0.2, 0.25) is 0 Å². The minimum Gasteiger partial charge on any atom is -0.299 e. The fourth-order valence-corrected chi connectivity index (χ4v) is 3.59. The van der Waals surface area contributed by atoms with E-state index in [0.717, 1.165) is 19.3 Å². The largest absolute Gasteiger partial charge is 0.299 e. The quantitative estimate of drug-likeness (QED) is 0.585. The van der Waals surface area contributed by atoms with E-state index in [2.05, 4.69) is 20.8 Å². The monoisotopic (exact) mass is 166 g/mol. The molecule has 3 aliphatic rings. The van der Waals surface area contributed by atoms with E-state index in [1.165, 1.54) is 6.42 Å². The molecule has 0 radical (unpaired) electrons. The first-order valence-corrected chi connectivity index (χ1v) is 5.10. The summed E-state index contributed by atoms with van der Waals surface area (Å²) >= 11 is 0.